The molecule has 1 aliphatic heterocycles. The molecule has 1 saturated heterocycles. The standard InChI is InChI=1S/C19H20F3N3O4/c20-19(21,22)12-29-16-9-13(1-5-23-16)10-24-17(26)14-2-6-25(7-3-14)18(27)15-4-8-28-11-15/h1,4-5,8-9,11,14H,2-3,6-7,10,12H2,(H,24,26). The number of carbonyl (C=O) groups is 2. The van der Waals surface area contributed by atoms with Crippen LogP contribution >= 0.6 is 0 Å². The fraction of sp³-hybridized carbons (Fsp3) is 0.421. The molecule has 7 nitrogen and oxygen atoms in total. The van der Waals surface area contributed by atoms with Crippen LogP contribution in [0, 0.1) is 5.92 Å². The average molecular weight is 411 g/mol. The van der Waals surface area contributed by atoms with Crippen molar-refractivity contribution in [3.05, 3.63) is 48.0 Å². The quantitative estimate of drug-likeness (QED) is 0.790. The second-order valence-corrected chi connectivity index (χ2v) is 6.70. The Morgan fingerprint density at radius 1 is 1.28 bits per heavy atom. The molecule has 0 aliphatic carbocycles. The molecule has 1 N–H and O–H groups in total. The third-order valence-corrected chi connectivity index (χ3v) is 4.57. The molecule has 0 unspecified atom stereocenters. The molecule has 1 aliphatic rings. The summed E-state index contributed by atoms with van der Waals surface area (Å²) in [5.74, 6) is -0.665. The van der Waals surface area contributed by atoms with Crippen molar-refractivity contribution < 1.29 is 31.9 Å². The Hall–Kier alpha value is -3.04. The van der Waals surface area contributed by atoms with Gasteiger partial charge in [0.1, 0.15) is 6.26 Å². The Kier molecular flexibility index (Phi) is 6.40. The highest BCUT2D eigenvalue weighted by Gasteiger charge is 2.29. The molecular weight excluding hydrogens is 391 g/mol. The number of carbonyl (C=O) groups excluding carboxylic acids is 2. The third kappa shape index (κ3) is 5.97. The van der Waals surface area contributed by atoms with Crippen molar-refractivity contribution in [2.24, 2.45) is 5.92 Å². The van der Waals surface area contributed by atoms with Crippen LogP contribution in [0.3, 0.4) is 0 Å². The second-order valence-electron chi connectivity index (χ2n) is 6.70. The maximum Gasteiger partial charge on any atom is 0.422 e. The van der Waals surface area contributed by atoms with Crippen molar-refractivity contribution in [3.63, 3.8) is 0 Å². The van der Waals surface area contributed by atoms with Gasteiger partial charge in [0.15, 0.2) is 6.61 Å². The van der Waals surface area contributed by atoms with Gasteiger partial charge in [0, 0.05) is 37.8 Å². The lowest BCUT2D eigenvalue weighted by atomic mass is 9.95. The van der Waals surface area contributed by atoms with Crippen molar-refractivity contribution in [2.75, 3.05) is 19.7 Å². The summed E-state index contributed by atoms with van der Waals surface area (Å²) in [6.07, 6.45) is 0.777. The van der Waals surface area contributed by atoms with Crippen LogP contribution in [0.4, 0.5) is 13.2 Å². The van der Waals surface area contributed by atoms with Crippen LogP contribution in [0.5, 0.6) is 5.88 Å². The number of aromatic nitrogens is 1. The fourth-order valence-electron chi connectivity index (χ4n) is 3.04. The van der Waals surface area contributed by atoms with Gasteiger partial charge in [0.05, 0.1) is 11.8 Å². The number of hydrogen-bond acceptors (Lipinski definition) is 5. The first kappa shape index (κ1) is 20.7. The number of likely N-dealkylation sites (tertiary alicyclic amines) is 1. The van der Waals surface area contributed by atoms with Crippen molar-refractivity contribution in [1.82, 2.24) is 15.2 Å². The first-order chi connectivity index (χ1) is 13.8. The summed E-state index contributed by atoms with van der Waals surface area (Å²) in [6, 6.07) is 4.55. The van der Waals surface area contributed by atoms with Crippen LogP contribution < -0.4 is 10.1 Å². The summed E-state index contributed by atoms with van der Waals surface area (Å²) in [7, 11) is 0. The van der Waals surface area contributed by atoms with Gasteiger partial charge in [-0.05, 0) is 30.5 Å². The number of amides is 2. The van der Waals surface area contributed by atoms with Gasteiger partial charge in [0.25, 0.3) is 5.91 Å². The summed E-state index contributed by atoms with van der Waals surface area (Å²) in [6.45, 7) is -0.344. The van der Waals surface area contributed by atoms with Crippen LogP contribution in [0.1, 0.15) is 28.8 Å². The molecule has 3 rings (SSSR count). The maximum atomic E-state index is 12.4. The minimum atomic E-state index is -4.44. The lowest BCUT2D eigenvalue weighted by Gasteiger charge is -2.31. The minimum absolute atomic E-state index is 0.124. The predicted octanol–water partition coefficient (Wildman–Crippen LogP) is 2.78. The molecule has 0 atom stereocenters. The molecule has 3 heterocycles. The van der Waals surface area contributed by atoms with Crippen LogP contribution in [-0.4, -0.2) is 47.6 Å². The van der Waals surface area contributed by atoms with E-state index in [0.717, 1.165) is 0 Å². The number of rotatable bonds is 6. The van der Waals surface area contributed by atoms with Crippen molar-refractivity contribution in [2.45, 2.75) is 25.6 Å². The number of furan rings is 1. The smallest absolute Gasteiger partial charge is 0.422 e. The molecule has 1 fully saturated rings. The van der Waals surface area contributed by atoms with E-state index < -0.39 is 12.8 Å². The molecule has 10 heteroatoms. The van der Waals surface area contributed by atoms with Gasteiger partial charge in [-0.3, -0.25) is 9.59 Å². The van der Waals surface area contributed by atoms with Crippen molar-refractivity contribution in [3.8, 4) is 5.88 Å². The van der Waals surface area contributed by atoms with Crippen LogP contribution in [0.25, 0.3) is 0 Å². The van der Waals surface area contributed by atoms with Gasteiger partial charge in [-0.1, -0.05) is 0 Å². The van der Waals surface area contributed by atoms with Gasteiger partial charge in [0.2, 0.25) is 11.8 Å². The van der Waals surface area contributed by atoms with Gasteiger partial charge < -0.3 is 19.4 Å². The van der Waals surface area contributed by atoms with Gasteiger partial charge in [-0.2, -0.15) is 13.2 Å². The second kappa shape index (κ2) is 8.97. The third-order valence-electron chi connectivity index (χ3n) is 4.57. The van der Waals surface area contributed by atoms with Crippen LogP contribution in [0.2, 0.25) is 0 Å². The lowest BCUT2D eigenvalue weighted by molar-refractivity contribution is -0.154. The molecule has 0 spiro atoms. The van der Waals surface area contributed by atoms with E-state index in [1.807, 2.05) is 0 Å². The summed E-state index contributed by atoms with van der Waals surface area (Å²) >= 11 is 0. The number of halogens is 3. The Labute approximate surface area is 164 Å². The van der Waals surface area contributed by atoms with E-state index in [2.05, 4.69) is 15.0 Å². The highest BCUT2D eigenvalue weighted by Crippen LogP contribution is 2.20. The molecule has 156 valence electrons. The molecule has 2 amide bonds. The fourth-order valence-corrected chi connectivity index (χ4v) is 3.04. The zero-order chi connectivity index (χ0) is 20.9. The highest BCUT2D eigenvalue weighted by molar-refractivity contribution is 5.94. The largest absolute Gasteiger partial charge is 0.472 e. The van der Waals surface area contributed by atoms with Crippen molar-refractivity contribution in [1.29, 1.82) is 0 Å². The molecule has 0 aromatic carbocycles. The number of pyridine rings is 1. The summed E-state index contributed by atoms with van der Waals surface area (Å²) < 4.78 is 46.2. The number of hydrogen-bond donors (Lipinski definition) is 1. The average Bonchev–Trinajstić information content (AvgIpc) is 3.25. The molecule has 0 saturated carbocycles. The Balaban J connectivity index is 1.45. The normalized spacial score (nSPS) is 15.2. The molecule has 2 aromatic rings. The number of nitrogens with one attached hydrogen (secondary N) is 1. The Bertz CT molecular complexity index is 831. The van der Waals surface area contributed by atoms with E-state index >= 15 is 0 Å². The molecular formula is C19H20F3N3O4. The zero-order valence-electron chi connectivity index (χ0n) is 15.4. The number of nitrogens with zero attached hydrogens (tertiary/aromatic N) is 2. The topological polar surface area (TPSA) is 84.7 Å². The zero-order valence-corrected chi connectivity index (χ0v) is 15.4. The number of ether oxygens (including phenoxy) is 1. The first-order valence-corrected chi connectivity index (χ1v) is 9.05. The van der Waals surface area contributed by atoms with E-state index in [-0.39, 0.29) is 30.2 Å². The minimum Gasteiger partial charge on any atom is -0.472 e. The molecule has 2 aromatic heterocycles. The van der Waals surface area contributed by atoms with E-state index in [4.69, 9.17) is 4.42 Å². The lowest BCUT2D eigenvalue weighted by Crippen LogP contribution is -2.42. The Morgan fingerprint density at radius 2 is 2.03 bits per heavy atom. The molecule has 29 heavy (non-hydrogen) atoms. The van der Waals surface area contributed by atoms with E-state index in [1.54, 1.807) is 17.0 Å². The number of piperidine rings is 1. The van der Waals surface area contributed by atoms with E-state index in [9.17, 15) is 22.8 Å². The predicted molar refractivity (Wildman–Crippen MR) is 95.0 cm³/mol. The summed E-state index contributed by atoms with van der Waals surface area (Å²) in [4.78, 5) is 30.1. The van der Waals surface area contributed by atoms with Gasteiger partial charge in [-0.25, -0.2) is 4.98 Å². The number of alkyl halides is 3. The maximum absolute atomic E-state index is 12.4. The van der Waals surface area contributed by atoms with E-state index in [1.165, 1.54) is 24.8 Å². The van der Waals surface area contributed by atoms with Gasteiger partial charge >= 0.3 is 6.18 Å². The highest BCUT2D eigenvalue weighted by atomic mass is 19.4. The molecule has 0 bridgehead atoms. The van der Waals surface area contributed by atoms with E-state index in [0.29, 0.717) is 37.1 Å². The van der Waals surface area contributed by atoms with Crippen LogP contribution in [-0.2, 0) is 11.3 Å². The summed E-state index contributed by atoms with van der Waals surface area (Å²) in [5.41, 5.74) is 1.06. The summed E-state index contributed by atoms with van der Waals surface area (Å²) in [5, 5.41) is 2.78. The molecule has 0 radical (unpaired) electrons. The van der Waals surface area contributed by atoms with Gasteiger partial charge in [-0.15, -0.1) is 0 Å². The SMILES string of the molecule is O=C(NCc1ccnc(OCC(F)(F)F)c1)C1CCN(C(=O)c2ccoc2)CC1. The first-order valence-electron chi connectivity index (χ1n) is 9.05. The van der Waals surface area contributed by atoms with Crippen molar-refractivity contribution >= 4 is 11.8 Å². The van der Waals surface area contributed by atoms with Crippen LogP contribution in [0.15, 0.2) is 41.3 Å². The monoisotopic (exact) mass is 411 g/mol. The Morgan fingerprint density at radius 3 is 2.69 bits per heavy atom.